The van der Waals surface area contributed by atoms with Crippen LogP contribution in [0.15, 0.2) is 83.8 Å². The fourth-order valence-corrected chi connectivity index (χ4v) is 5.62. The van der Waals surface area contributed by atoms with Crippen LogP contribution in [0.4, 0.5) is 11.4 Å². The van der Waals surface area contributed by atoms with Crippen LogP contribution in [-0.4, -0.2) is 39.5 Å². The van der Waals surface area contributed by atoms with E-state index in [0.717, 1.165) is 5.56 Å². The molecule has 0 saturated heterocycles. The van der Waals surface area contributed by atoms with Gasteiger partial charge in [0.1, 0.15) is 0 Å². The summed E-state index contributed by atoms with van der Waals surface area (Å²) in [5.41, 5.74) is 2.39. The number of esters is 1. The molecule has 1 heterocycles. The highest BCUT2D eigenvalue weighted by Crippen LogP contribution is 2.32. The zero-order valence-corrected chi connectivity index (χ0v) is 19.9. The Bertz CT molecular complexity index is 1310. The van der Waals surface area contributed by atoms with Crippen LogP contribution in [0.5, 0.6) is 0 Å². The van der Waals surface area contributed by atoms with Crippen LogP contribution in [0, 0.1) is 0 Å². The summed E-state index contributed by atoms with van der Waals surface area (Å²) >= 11 is 0. The highest BCUT2D eigenvalue weighted by Gasteiger charge is 2.31. The minimum atomic E-state index is -3.85. The van der Waals surface area contributed by atoms with Gasteiger partial charge in [-0.1, -0.05) is 42.5 Å². The van der Waals surface area contributed by atoms with Crippen LogP contribution in [0.3, 0.4) is 0 Å². The molecule has 0 radical (unpaired) electrons. The lowest BCUT2D eigenvalue weighted by atomic mass is 10.2. The van der Waals surface area contributed by atoms with Gasteiger partial charge in [-0.2, -0.15) is 0 Å². The lowest BCUT2D eigenvalue weighted by molar-refractivity contribution is -0.122. The molecule has 0 spiro atoms. The Morgan fingerprint density at radius 2 is 1.68 bits per heavy atom. The van der Waals surface area contributed by atoms with E-state index in [9.17, 15) is 18.0 Å². The third kappa shape index (κ3) is 4.68. The minimum Gasteiger partial charge on any atom is -0.452 e. The van der Waals surface area contributed by atoms with Crippen molar-refractivity contribution >= 4 is 33.3 Å². The van der Waals surface area contributed by atoms with Gasteiger partial charge in [-0.05, 0) is 62.2 Å². The van der Waals surface area contributed by atoms with E-state index in [2.05, 4.69) is 0 Å². The lowest BCUT2D eigenvalue weighted by Crippen LogP contribution is -2.39. The molecule has 0 N–H and O–H groups in total. The van der Waals surface area contributed by atoms with Crippen molar-refractivity contribution in [2.24, 2.45) is 0 Å². The van der Waals surface area contributed by atoms with Crippen LogP contribution in [0.2, 0.25) is 0 Å². The van der Waals surface area contributed by atoms with Crippen LogP contribution in [0.25, 0.3) is 0 Å². The molecule has 7 nitrogen and oxygen atoms in total. The molecule has 0 unspecified atom stereocenters. The zero-order chi connectivity index (χ0) is 24.3. The Morgan fingerprint density at radius 1 is 0.971 bits per heavy atom. The molecule has 0 aromatic heterocycles. The number of amides is 1. The van der Waals surface area contributed by atoms with Crippen molar-refractivity contribution < 1.29 is 22.7 Å². The monoisotopic (exact) mass is 478 g/mol. The molecule has 0 aliphatic carbocycles. The fourth-order valence-electron chi connectivity index (χ4n) is 4.07. The third-order valence-electron chi connectivity index (χ3n) is 5.65. The summed E-state index contributed by atoms with van der Waals surface area (Å²) in [6, 6.07) is 22.1. The van der Waals surface area contributed by atoms with Gasteiger partial charge >= 0.3 is 5.97 Å². The standard InChI is InChI=1S/C26H26N2O5S/c1-19(2)28(22-11-4-3-5-12-22)25(29)18-33-26(30)21-10-8-13-23(17-21)34(31,32)27-16-15-20-9-6-7-14-24(20)27/h3-14,17,19H,15-16,18H2,1-2H3. The van der Waals surface area contributed by atoms with Crippen LogP contribution < -0.4 is 9.21 Å². The first-order valence-electron chi connectivity index (χ1n) is 11.0. The Hall–Kier alpha value is -3.65. The highest BCUT2D eigenvalue weighted by atomic mass is 32.2. The molecule has 0 fully saturated rings. The molecule has 1 aliphatic rings. The number of benzene rings is 3. The van der Waals surface area contributed by atoms with Crippen LogP contribution in [-0.2, 0) is 26.0 Å². The van der Waals surface area contributed by atoms with Crippen molar-refractivity contribution in [1.29, 1.82) is 0 Å². The smallest absolute Gasteiger partial charge is 0.338 e. The third-order valence-corrected chi connectivity index (χ3v) is 7.46. The van der Waals surface area contributed by atoms with Crippen molar-refractivity contribution in [3.8, 4) is 0 Å². The number of anilines is 2. The second kappa shape index (κ2) is 9.69. The van der Waals surface area contributed by atoms with Gasteiger partial charge in [0.05, 0.1) is 16.1 Å². The molecule has 4 rings (SSSR count). The quantitative estimate of drug-likeness (QED) is 0.479. The van der Waals surface area contributed by atoms with Crippen LogP contribution in [0.1, 0.15) is 29.8 Å². The van der Waals surface area contributed by atoms with E-state index in [1.54, 1.807) is 17.0 Å². The second-order valence-corrected chi connectivity index (χ2v) is 10.1. The summed E-state index contributed by atoms with van der Waals surface area (Å²) in [5.74, 6) is -1.13. The molecule has 8 heteroatoms. The molecule has 0 bridgehead atoms. The molecule has 3 aromatic carbocycles. The van der Waals surface area contributed by atoms with E-state index in [1.165, 1.54) is 28.6 Å². The Morgan fingerprint density at radius 3 is 2.41 bits per heavy atom. The van der Waals surface area contributed by atoms with Crippen molar-refractivity contribution in [3.63, 3.8) is 0 Å². The minimum absolute atomic E-state index is 0.00179. The molecule has 176 valence electrons. The van der Waals surface area contributed by atoms with Crippen molar-refractivity contribution in [3.05, 3.63) is 90.0 Å². The van der Waals surface area contributed by atoms with E-state index in [1.807, 2.05) is 56.3 Å². The van der Waals surface area contributed by atoms with Crippen molar-refractivity contribution in [1.82, 2.24) is 0 Å². The maximum atomic E-state index is 13.3. The SMILES string of the molecule is CC(C)N(C(=O)COC(=O)c1cccc(S(=O)(=O)N2CCc3ccccc32)c1)c1ccccc1. The summed E-state index contributed by atoms with van der Waals surface area (Å²) in [4.78, 5) is 27.0. The molecule has 34 heavy (non-hydrogen) atoms. The number of hydrogen-bond acceptors (Lipinski definition) is 5. The average Bonchev–Trinajstić information content (AvgIpc) is 3.28. The number of carbonyl (C=O) groups is 2. The predicted octanol–water partition coefficient (Wildman–Crippen LogP) is 4.04. The van der Waals surface area contributed by atoms with E-state index < -0.39 is 22.6 Å². The van der Waals surface area contributed by atoms with E-state index >= 15 is 0 Å². The summed E-state index contributed by atoms with van der Waals surface area (Å²) in [6.45, 7) is 3.63. The van der Waals surface area contributed by atoms with Gasteiger partial charge in [0.2, 0.25) is 0 Å². The Kier molecular flexibility index (Phi) is 6.70. The Balaban J connectivity index is 1.49. The first-order valence-corrected chi connectivity index (χ1v) is 12.5. The number of rotatable bonds is 7. The normalized spacial score (nSPS) is 13.0. The molecule has 1 aliphatic heterocycles. The predicted molar refractivity (Wildman–Crippen MR) is 130 cm³/mol. The second-order valence-electron chi connectivity index (χ2n) is 8.25. The number of carbonyl (C=O) groups excluding carboxylic acids is 2. The summed E-state index contributed by atoms with van der Waals surface area (Å²) in [5, 5.41) is 0. The highest BCUT2D eigenvalue weighted by molar-refractivity contribution is 7.92. The number of nitrogens with zero attached hydrogens (tertiary/aromatic N) is 2. The van der Waals surface area contributed by atoms with Gasteiger partial charge in [-0.25, -0.2) is 13.2 Å². The molecule has 0 atom stereocenters. The first kappa shape index (κ1) is 23.5. The topological polar surface area (TPSA) is 84.0 Å². The van der Waals surface area contributed by atoms with E-state index in [4.69, 9.17) is 4.74 Å². The molecule has 1 amide bonds. The number of fused-ring (bicyclic) bond motifs is 1. The summed E-state index contributed by atoms with van der Waals surface area (Å²) < 4.78 is 33.2. The van der Waals surface area contributed by atoms with E-state index in [-0.39, 0.29) is 22.4 Å². The van der Waals surface area contributed by atoms with Crippen molar-refractivity contribution in [2.75, 3.05) is 22.4 Å². The molecular formula is C26H26N2O5S. The van der Waals surface area contributed by atoms with Crippen molar-refractivity contribution in [2.45, 2.75) is 31.2 Å². The lowest BCUT2D eigenvalue weighted by Gasteiger charge is -2.26. The van der Waals surface area contributed by atoms with Gasteiger partial charge in [-0.15, -0.1) is 0 Å². The molecule has 0 saturated carbocycles. The van der Waals surface area contributed by atoms with Gasteiger partial charge in [0, 0.05) is 18.3 Å². The molecular weight excluding hydrogens is 452 g/mol. The Labute approximate surface area is 199 Å². The summed E-state index contributed by atoms with van der Waals surface area (Å²) in [6.07, 6.45) is 0.632. The fraction of sp³-hybridized carbons (Fsp3) is 0.231. The van der Waals surface area contributed by atoms with Gasteiger partial charge < -0.3 is 9.64 Å². The van der Waals surface area contributed by atoms with E-state index in [0.29, 0.717) is 24.3 Å². The maximum absolute atomic E-state index is 13.3. The maximum Gasteiger partial charge on any atom is 0.338 e. The number of sulfonamides is 1. The first-order chi connectivity index (χ1) is 16.3. The zero-order valence-electron chi connectivity index (χ0n) is 19.0. The van der Waals surface area contributed by atoms with Gasteiger partial charge in [0.25, 0.3) is 15.9 Å². The summed E-state index contributed by atoms with van der Waals surface area (Å²) in [7, 11) is -3.85. The largest absolute Gasteiger partial charge is 0.452 e. The van der Waals surface area contributed by atoms with Gasteiger partial charge in [-0.3, -0.25) is 9.10 Å². The number of hydrogen-bond donors (Lipinski definition) is 0. The number of ether oxygens (including phenoxy) is 1. The number of para-hydroxylation sites is 2. The molecule has 3 aromatic rings. The van der Waals surface area contributed by atoms with Crippen LogP contribution >= 0.6 is 0 Å². The average molecular weight is 479 g/mol. The van der Waals surface area contributed by atoms with Gasteiger partial charge in [0.15, 0.2) is 6.61 Å².